The van der Waals surface area contributed by atoms with Crippen molar-refractivity contribution in [1.82, 2.24) is 24.9 Å². The van der Waals surface area contributed by atoms with E-state index in [0.717, 1.165) is 49.3 Å². The Bertz CT molecular complexity index is 1120. The second-order valence-electron chi connectivity index (χ2n) is 8.84. The van der Waals surface area contributed by atoms with Gasteiger partial charge in [0.25, 0.3) is 5.91 Å². The molecule has 2 aromatic carbocycles. The Morgan fingerprint density at radius 3 is 2.38 bits per heavy atom. The van der Waals surface area contributed by atoms with Crippen molar-refractivity contribution in [1.29, 1.82) is 0 Å². The summed E-state index contributed by atoms with van der Waals surface area (Å²) < 4.78 is 0. The van der Waals surface area contributed by atoms with E-state index >= 15 is 0 Å². The molecule has 2 aromatic rings. The van der Waals surface area contributed by atoms with Crippen LogP contribution >= 0.6 is 23.2 Å². The Kier molecular flexibility index (Phi) is 6.38. The van der Waals surface area contributed by atoms with Gasteiger partial charge < -0.3 is 14.7 Å². The lowest BCUT2D eigenvalue weighted by Gasteiger charge is -2.40. The smallest absolute Gasteiger partial charge is 0.325 e. The number of guanidine groups is 1. The number of halogens is 2. The van der Waals surface area contributed by atoms with Gasteiger partial charge in [-0.3, -0.25) is 15.0 Å². The molecule has 8 nitrogen and oxygen atoms in total. The number of hydrogen-bond acceptors (Lipinski definition) is 6. The summed E-state index contributed by atoms with van der Waals surface area (Å²) in [5, 5.41) is 3.87. The Balaban J connectivity index is 1.34. The van der Waals surface area contributed by atoms with E-state index in [0.29, 0.717) is 11.6 Å². The maximum Gasteiger partial charge on any atom is 0.325 e. The van der Waals surface area contributed by atoms with E-state index in [2.05, 4.69) is 21.2 Å². The number of carbonyl (C=O) groups is 2. The van der Waals surface area contributed by atoms with Crippen LogP contribution < -0.4 is 5.32 Å². The minimum absolute atomic E-state index is 0.319. The minimum Gasteiger partial charge on any atom is -0.340 e. The third-order valence-electron chi connectivity index (χ3n) is 6.56. The standard InChI is InChI=1S/C24H26Cl2N6O2/c1-29-21-20(22(33)28-24(29)34)32(15-16-5-7-18(25)8-6-16)23(27-21)31-11-9-30(10-12-31)14-17-3-2-4-19(26)13-17/h2-8,13,20-21H,9-12,14-15H2,1H3,(H,28,33,34). The van der Waals surface area contributed by atoms with Crippen molar-refractivity contribution in [3.05, 3.63) is 69.7 Å². The number of rotatable bonds is 4. The molecule has 3 aliphatic rings. The summed E-state index contributed by atoms with van der Waals surface area (Å²) in [6, 6.07) is 14.5. The summed E-state index contributed by atoms with van der Waals surface area (Å²) in [5.41, 5.74) is 2.20. The van der Waals surface area contributed by atoms with Crippen molar-refractivity contribution in [2.75, 3.05) is 33.2 Å². The van der Waals surface area contributed by atoms with E-state index in [4.69, 9.17) is 28.2 Å². The Morgan fingerprint density at radius 2 is 1.68 bits per heavy atom. The number of likely N-dealkylation sites (N-methyl/N-ethyl adjacent to an activating group) is 1. The van der Waals surface area contributed by atoms with Crippen LogP contribution in [0.5, 0.6) is 0 Å². The van der Waals surface area contributed by atoms with E-state index in [-0.39, 0.29) is 5.91 Å². The quantitative estimate of drug-likeness (QED) is 0.698. The number of aliphatic imine (C=N–C) groups is 1. The van der Waals surface area contributed by atoms with Crippen molar-refractivity contribution >= 4 is 41.1 Å². The van der Waals surface area contributed by atoms with Crippen LogP contribution in [-0.2, 0) is 17.9 Å². The number of hydrogen-bond donors (Lipinski definition) is 1. The fourth-order valence-electron chi connectivity index (χ4n) is 4.73. The van der Waals surface area contributed by atoms with Crippen LogP contribution in [-0.4, -0.2) is 82.9 Å². The molecule has 2 unspecified atom stereocenters. The summed E-state index contributed by atoms with van der Waals surface area (Å²) >= 11 is 12.2. The summed E-state index contributed by atoms with van der Waals surface area (Å²) in [4.78, 5) is 38.1. The molecule has 0 saturated carbocycles. The van der Waals surface area contributed by atoms with Crippen molar-refractivity contribution in [3.63, 3.8) is 0 Å². The zero-order valence-corrected chi connectivity index (χ0v) is 20.3. The van der Waals surface area contributed by atoms with Crippen LogP contribution in [0, 0.1) is 0 Å². The van der Waals surface area contributed by atoms with Crippen molar-refractivity contribution in [3.8, 4) is 0 Å². The number of carbonyl (C=O) groups excluding carboxylic acids is 2. The molecule has 10 heteroatoms. The number of nitrogens with zero attached hydrogens (tertiary/aromatic N) is 5. The molecule has 3 heterocycles. The highest BCUT2D eigenvalue weighted by atomic mass is 35.5. The van der Waals surface area contributed by atoms with Crippen molar-refractivity contribution < 1.29 is 9.59 Å². The van der Waals surface area contributed by atoms with Crippen LogP contribution in [0.15, 0.2) is 53.5 Å². The lowest BCUT2D eigenvalue weighted by atomic mass is 10.1. The van der Waals surface area contributed by atoms with Gasteiger partial charge in [-0.25, -0.2) is 9.79 Å². The molecule has 0 radical (unpaired) electrons. The predicted octanol–water partition coefficient (Wildman–Crippen LogP) is 2.86. The van der Waals surface area contributed by atoms with Gasteiger partial charge in [0.15, 0.2) is 18.2 Å². The fraction of sp³-hybridized carbons (Fsp3) is 0.375. The van der Waals surface area contributed by atoms with Crippen LogP contribution in [0.25, 0.3) is 0 Å². The summed E-state index contributed by atoms with van der Waals surface area (Å²) in [6.07, 6.45) is -0.548. The Hall–Kier alpha value is -2.81. The molecule has 1 N–H and O–H groups in total. The molecule has 2 saturated heterocycles. The third-order valence-corrected chi connectivity index (χ3v) is 7.04. The van der Waals surface area contributed by atoms with Gasteiger partial charge in [-0.1, -0.05) is 47.5 Å². The molecule has 0 aromatic heterocycles. The molecule has 0 bridgehead atoms. The molecule has 5 rings (SSSR count). The molecule has 2 atom stereocenters. The van der Waals surface area contributed by atoms with Gasteiger partial charge in [-0.05, 0) is 35.4 Å². The van der Waals surface area contributed by atoms with Crippen molar-refractivity contribution in [2.45, 2.75) is 25.3 Å². The lowest BCUT2D eigenvalue weighted by molar-refractivity contribution is -0.127. The van der Waals surface area contributed by atoms with E-state index in [9.17, 15) is 9.59 Å². The average Bonchev–Trinajstić information content (AvgIpc) is 3.19. The van der Waals surface area contributed by atoms with Gasteiger partial charge in [0.2, 0.25) is 0 Å². The number of amides is 3. The Morgan fingerprint density at radius 1 is 0.941 bits per heavy atom. The molecule has 178 valence electrons. The van der Waals surface area contributed by atoms with Crippen LogP contribution in [0.3, 0.4) is 0 Å². The normalized spacial score (nSPS) is 23.1. The van der Waals surface area contributed by atoms with Gasteiger partial charge in [0.05, 0.1) is 0 Å². The monoisotopic (exact) mass is 500 g/mol. The molecule has 3 amide bonds. The van der Waals surface area contributed by atoms with Gasteiger partial charge in [0, 0.05) is 56.4 Å². The van der Waals surface area contributed by atoms with Crippen LogP contribution in [0.2, 0.25) is 10.0 Å². The highest BCUT2D eigenvalue weighted by Gasteiger charge is 2.49. The molecule has 0 aliphatic carbocycles. The zero-order chi connectivity index (χ0) is 23.8. The third kappa shape index (κ3) is 4.58. The SMILES string of the molecule is CN1C(=O)NC(=O)C2C1N=C(N1CCN(Cc3cccc(Cl)c3)CC1)N2Cc1ccc(Cl)cc1. The first-order valence-corrected chi connectivity index (χ1v) is 12.0. The largest absolute Gasteiger partial charge is 0.340 e. The molecule has 0 spiro atoms. The molecule has 34 heavy (non-hydrogen) atoms. The van der Waals surface area contributed by atoms with E-state index in [1.807, 2.05) is 47.4 Å². The predicted molar refractivity (Wildman–Crippen MR) is 132 cm³/mol. The number of fused-ring (bicyclic) bond motifs is 1. The maximum absolute atomic E-state index is 12.9. The van der Waals surface area contributed by atoms with Gasteiger partial charge in [-0.2, -0.15) is 0 Å². The number of nitrogens with one attached hydrogen (secondary N) is 1. The average molecular weight is 501 g/mol. The molecule has 3 aliphatic heterocycles. The first-order valence-electron chi connectivity index (χ1n) is 11.3. The maximum atomic E-state index is 12.9. The highest BCUT2D eigenvalue weighted by molar-refractivity contribution is 6.30. The summed E-state index contributed by atoms with van der Waals surface area (Å²) in [6.45, 7) is 4.59. The van der Waals surface area contributed by atoms with Gasteiger partial charge >= 0.3 is 6.03 Å². The highest BCUT2D eigenvalue weighted by Crippen LogP contribution is 2.28. The number of piperazine rings is 1. The summed E-state index contributed by atoms with van der Waals surface area (Å²) in [5.74, 6) is 0.435. The Labute approximate surface area is 208 Å². The molecular formula is C24H26Cl2N6O2. The van der Waals surface area contributed by atoms with E-state index in [1.165, 1.54) is 10.5 Å². The van der Waals surface area contributed by atoms with Crippen LogP contribution in [0.4, 0.5) is 4.79 Å². The number of imide groups is 1. The fourth-order valence-corrected chi connectivity index (χ4v) is 5.07. The number of benzene rings is 2. The van der Waals surface area contributed by atoms with E-state index in [1.54, 1.807) is 7.05 Å². The zero-order valence-electron chi connectivity index (χ0n) is 18.8. The minimum atomic E-state index is -0.571. The van der Waals surface area contributed by atoms with Crippen molar-refractivity contribution in [2.24, 2.45) is 4.99 Å². The lowest BCUT2D eigenvalue weighted by Crippen LogP contribution is -2.64. The summed E-state index contributed by atoms with van der Waals surface area (Å²) in [7, 11) is 1.68. The second kappa shape index (κ2) is 9.44. The topological polar surface area (TPSA) is 71.5 Å². The van der Waals surface area contributed by atoms with Gasteiger partial charge in [-0.15, -0.1) is 0 Å². The second-order valence-corrected chi connectivity index (χ2v) is 9.71. The first-order chi connectivity index (χ1) is 16.4. The van der Waals surface area contributed by atoms with Crippen LogP contribution in [0.1, 0.15) is 11.1 Å². The van der Waals surface area contributed by atoms with Gasteiger partial charge in [0.1, 0.15) is 0 Å². The molecule has 2 fully saturated rings. The molecular weight excluding hydrogens is 475 g/mol. The number of urea groups is 1. The first kappa shape index (κ1) is 23.0. The van der Waals surface area contributed by atoms with E-state index < -0.39 is 18.2 Å².